The van der Waals surface area contributed by atoms with Crippen LogP contribution in [0.25, 0.3) is 4.96 Å². The molecule has 1 aliphatic heterocycles. The quantitative estimate of drug-likeness (QED) is 0.773. The second-order valence-corrected chi connectivity index (χ2v) is 8.55. The van der Waals surface area contributed by atoms with E-state index in [9.17, 15) is 13.2 Å². The maximum atomic E-state index is 12.1. The largest absolute Gasteiger partial charge is 0.355 e. The van der Waals surface area contributed by atoms with Gasteiger partial charge in [0.1, 0.15) is 11.3 Å². The summed E-state index contributed by atoms with van der Waals surface area (Å²) in [4.78, 5) is 12.9. The number of aromatic nitrogens is 4. The van der Waals surface area contributed by atoms with Gasteiger partial charge in [-0.25, -0.2) is 12.7 Å². The molecule has 1 amide bonds. The smallest absolute Gasteiger partial charge is 0.234 e. The van der Waals surface area contributed by atoms with Crippen LogP contribution in [0.1, 0.15) is 17.8 Å². The third-order valence-corrected chi connectivity index (χ3v) is 6.14. The van der Waals surface area contributed by atoms with E-state index in [1.54, 1.807) is 10.8 Å². The fraction of sp³-hybridized carbons (Fsp3) is 0.667. The Morgan fingerprint density at radius 1 is 1.43 bits per heavy atom. The Hall–Kier alpha value is -1.59. The van der Waals surface area contributed by atoms with Crippen LogP contribution in [0.5, 0.6) is 0 Å². The van der Waals surface area contributed by atoms with Crippen molar-refractivity contribution >= 4 is 32.2 Å². The molecular weight excluding hydrogens is 340 g/mol. The van der Waals surface area contributed by atoms with E-state index in [-0.39, 0.29) is 11.8 Å². The van der Waals surface area contributed by atoms with Crippen LogP contribution < -0.4 is 5.32 Å². The summed E-state index contributed by atoms with van der Waals surface area (Å²) in [6.07, 6.45) is 4.52. The highest BCUT2D eigenvalue weighted by atomic mass is 32.2. The molecule has 1 saturated heterocycles. The molecule has 0 spiro atoms. The van der Waals surface area contributed by atoms with Crippen molar-refractivity contribution in [1.29, 1.82) is 0 Å². The Bertz CT molecular complexity index is 762. The molecule has 2 aromatic rings. The van der Waals surface area contributed by atoms with E-state index >= 15 is 0 Å². The molecule has 0 saturated carbocycles. The minimum atomic E-state index is -3.15. The van der Waals surface area contributed by atoms with E-state index in [0.717, 1.165) is 9.97 Å². The highest BCUT2D eigenvalue weighted by Crippen LogP contribution is 2.19. The van der Waals surface area contributed by atoms with Crippen molar-refractivity contribution in [2.45, 2.75) is 19.3 Å². The van der Waals surface area contributed by atoms with Crippen LogP contribution in [-0.2, 0) is 21.2 Å². The summed E-state index contributed by atoms with van der Waals surface area (Å²) in [7, 11) is -3.15. The van der Waals surface area contributed by atoms with Gasteiger partial charge in [-0.1, -0.05) is 11.3 Å². The molecule has 23 heavy (non-hydrogen) atoms. The molecule has 1 aliphatic rings. The molecule has 3 heterocycles. The van der Waals surface area contributed by atoms with Gasteiger partial charge in [0.2, 0.25) is 20.9 Å². The Morgan fingerprint density at radius 3 is 2.83 bits per heavy atom. The topological polar surface area (TPSA) is 110 Å². The van der Waals surface area contributed by atoms with Gasteiger partial charge >= 0.3 is 0 Å². The summed E-state index contributed by atoms with van der Waals surface area (Å²) < 4.78 is 25.9. The van der Waals surface area contributed by atoms with Crippen molar-refractivity contribution in [3.05, 3.63) is 11.3 Å². The zero-order valence-corrected chi connectivity index (χ0v) is 14.3. The molecule has 0 unspecified atom stereocenters. The first-order chi connectivity index (χ1) is 10.9. The molecule has 1 fully saturated rings. The lowest BCUT2D eigenvalue weighted by Crippen LogP contribution is -2.42. The van der Waals surface area contributed by atoms with E-state index in [2.05, 4.69) is 20.6 Å². The van der Waals surface area contributed by atoms with Crippen molar-refractivity contribution in [2.24, 2.45) is 5.92 Å². The standard InChI is InChI=1S/C12H18N6O3S2/c1-23(20,21)17-6-3-9(4-7-17)11(19)13-5-2-10-16-18-8-14-15-12(18)22-10/h8-9H,2-7H2,1H3,(H,13,19). The Morgan fingerprint density at radius 2 is 2.17 bits per heavy atom. The van der Waals surface area contributed by atoms with Gasteiger partial charge in [0.15, 0.2) is 0 Å². The fourth-order valence-electron chi connectivity index (χ4n) is 2.59. The minimum absolute atomic E-state index is 0.0128. The van der Waals surface area contributed by atoms with Crippen molar-refractivity contribution in [2.75, 3.05) is 25.9 Å². The molecule has 11 heteroatoms. The third-order valence-electron chi connectivity index (χ3n) is 3.86. The number of rotatable bonds is 5. The third kappa shape index (κ3) is 3.85. The van der Waals surface area contributed by atoms with Crippen LogP contribution >= 0.6 is 11.3 Å². The SMILES string of the molecule is CS(=O)(=O)N1CCC(C(=O)NCCc2nn3cnnc3s2)CC1. The average molecular weight is 358 g/mol. The maximum Gasteiger partial charge on any atom is 0.234 e. The van der Waals surface area contributed by atoms with Crippen molar-refractivity contribution < 1.29 is 13.2 Å². The van der Waals surface area contributed by atoms with E-state index < -0.39 is 10.0 Å². The number of amides is 1. The molecule has 0 aliphatic carbocycles. The summed E-state index contributed by atoms with van der Waals surface area (Å²) in [5.41, 5.74) is 0. The van der Waals surface area contributed by atoms with Gasteiger partial charge in [0, 0.05) is 32.0 Å². The van der Waals surface area contributed by atoms with Crippen molar-refractivity contribution in [3.8, 4) is 0 Å². The van der Waals surface area contributed by atoms with Gasteiger partial charge in [-0.2, -0.15) is 9.61 Å². The summed E-state index contributed by atoms with van der Waals surface area (Å²) in [6, 6.07) is 0. The van der Waals surface area contributed by atoms with E-state index in [1.165, 1.54) is 21.9 Å². The predicted molar refractivity (Wildman–Crippen MR) is 84.5 cm³/mol. The van der Waals surface area contributed by atoms with Gasteiger partial charge < -0.3 is 5.32 Å². The molecule has 3 rings (SSSR count). The number of fused-ring (bicyclic) bond motifs is 1. The molecule has 1 N–H and O–H groups in total. The molecular formula is C12H18N6O3S2. The second kappa shape index (κ2) is 6.49. The van der Waals surface area contributed by atoms with E-state index in [4.69, 9.17) is 0 Å². The van der Waals surface area contributed by atoms with Crippen LogP contribution in [0.3, 0.4) is 0 Å². The first-order valence-corrected chi connectivity index (χ1v) is 9.98. The number of hydrogen-bond donors (Lipinski definition) is 1. The molecule has 126 valence electrons. The van der Waals surface area contributed by atoms with Gasteiger partial charge in [0.25, 0.3) is 0 Å². The van der Waals surface area contributed by atoms with Crippen LogP contribution in [0.15, 0.2) is 6.33 Å². The number of carbonyl (C=O) groups is 1. The summed E-state index contributed by atoms with van der Waals surface area (Å²) in [6.45, 7) is 1.33. The Labute approximate surface area is 137 Å². The summed E-state index contributed by atoms with van der Waals surface area (Å²) in [5.74, 6) is -0.132. The zero-order valence-electron chi connectivity index (χ0n) is 12.7. The van der Waals surface area contributed by atoms with Crippen LogP contribution in [-0.4, -0.2) is 64.3 Å². The van der Waals surface area contributed by atoms with Gasteiger partial charge in [-0.15, -0.1) is 10.2 Å². The lowest BCUT2D eigenvalue weighted by atomic mass is 9.97. The maximum absolute atomic E-state index is 12.1. The van der Waals surface area contributed by atoms with Gasteiger partial charge in [-0.3, -0.25) is 4.79 Å². The average Bonchev–Trinajstić information content (AvgIpc) is 3.07. The normalized spacial score (nSPS) is 17.6. The summed E-state index contributed by atoms with van der Waals surface area (Å²) >= 11 is 1.45. The van der Waals surface area contributed by atoms with Crippen LogP contribution in [0, 0.1) is 5.92 Å². The first-order valence-electron chi connectivity index (χ1n) is 7.32. The van der Waals surface area contributed by atoms with Crippen LogP contribution in [0.2, 0.25) is 0 Å². The van der Waals surface area contributed by atoms with Crippen molar-refractivity contribution in [3.63, 3.8) is 0 Å². The number of carbonyl (C=O) groups excluding carboxylic acids is 1. The highest BCUT2D eigenvalue weighted by Gasteiger charge is 2.28. The number of nitrogens with zero attached hydrogens (tertiary/aromatic N) is 5. The number of piperidine rings is 1. The zero-order chi connectivity index (χ0) is 16.4. The van der Waals surface area contributed by atoms with E-state index in [1.807, 2.05) is 0 Å². The second-order valence-electron chi connectivity index (χ2n) is 5.53. The number of nitrogens with one attached hydrogen (secondary N) is 1. The summed E-state index contributed by atoms with van der Waals surface area (Å²) in [5, 5.41) is 15.8. The molecule has 0 atom stereocenters. The van der Waals surface area contributed by atoms with Crippen molar-refractivity contribution in [1.82, 2.24) is 29.4 Å². The molecule has 2 aromatic heterocycles. The minimum Gasteiger partial charge on any atom is -0.355 e. The lowest BCUT2D eigenvalue weighted by Gasteiger charge is -2.29. The molecule has 0 aromatic carbocycles. The van der Waals surface area contributed by atoms with Gasteiger partial charge in [0.05, 0.1) is 6.26 Å². The lowest BCUT2D eigenvalue weighted by molar-refractivity contribution is -0.126. The monoisotopic (exact) mass is 358 g/mol. The molecule has 9 nitrogen and oxygen atoms in total. The van der Waals surface area contributed by atoms with E-state index in [0.29, 0.717) is 38.9 Å². The number of hydrogen-bond acceptors (Lipinski definition) is 7. The number of sulfonamides is 1. The Balaban J connectivity index is 1.44. The predicted octanol–water partition coefficient (Wildman–Crippen LogP) is -0.484. The molecule has 0 bridgehead atoms. The first kappa shape index (κ1) is 16.3. The van der Waals surface area contributed by atoms with Gasteiger partial charge in [-0.05, 0) is 12.8 Å². The van der Waals surface area contributed by atoms with Crippen LogP contribution in [0.4, 0.5) is 0 Å². The fourth-order valence-corrected chi connectivity index (χ4v) is 4.28. The highest BCUT2D eigenvalue weighted by molar-refractivity contribution is 7.88. The Kier molecular flexibility index (Phi) is 4.60. The molecule has 0 radical (unpaired) electrons.